The number of amides is 1. The third-order valence-electron chi connectivity index (χ3n) is 2.08. The second kappa shape index (κ2) is 5.14. The number of carbonyl (C=O) groups excluding carboxylic acids is 1. The number of Topliss-reactive ketones (excluding diaryl/α,β-unsaturated/α-hetero) is 1. The lowest BCUT2D eigenvalue weighted by Gasteiger charge is -2.13. The van der Waals surface area contributed by atoms with Gasteiger partial charge in [0.1, 0.15) is 0 Å². The summed E-state index contributed by atoms with van der Waals surface area (Å²) in [4.78, 5) is 22.2. The molecule has 1 unspecified atom stereocenters. The third kappa shape index (κ3) is 3.09. The molecule has 0 radical (unpaired) electrons. The minimum atomic E-state index is -1.17. The number of carboxylic acid groups (broad SMARTS) is 1. The Morgan fingerprint density at radius 2 is 1.93 bits per heavy atom. The molecule has 0 spiro atoms. The predicted molar refractivity (Wildman–Crippen MR) is 56.0 cm³/mol. The number of carbonyl (C=O) groups is 2. The molecule has 1 amide bonds. The van der Waals surface area contributed by atoms with E-state index in [1.54, 1.807) is 31.2 Å². The maximum absolute atomic E-state index is 11.8. The van der Waals surface area contributed by atoms with Gasteiger partial charge in [-0.2, -0.15) is 0 Å². The van der Waals surface area contributed by atoms with E-state index in [0.29, 0.717) is 12.0 Å². The fourth-order valence-corrected chi connectivity index (χ4v) is 1.31. The van der Waals surface area contributed by atoms with E-state index in [1.807, 2.05) is 6.07 Å². The summed E-state index contributed by atoms with van der Waals surface area (Å²) in [6.07, 6.45) is -0.730. The average molecular weight is 207 g/mol. The molecule has 80 valence electrons. The van der Waals surface area contributed by atoms with E-state index in [2.05, 4.69) is 5.32 Å². The van der Waals surface area contributed by atoms with Gasteiger partial charge in [-0.25, -0.2) is 4.79 Å². The van der Waals surface area contributed by atoms with E-state index < -0.39 is 12.1 Å². The molecule has 4 heteroatoms. The Hall–Kier alpha value is -1.84. The van der Waals surface area contributed by atoms with Gasteiger partial charge in [0.05, 0.1) is 6.04 Å². The van der Waals surface area contributed by atoms with Gasteiger partial charge in [0.15, 0.2) is 5.78 Å². The summed E-state index contributed by atoms with van der Waals surface area (Å²) < 4.78 is 0. The van der Waals surface area contributed by atoms with Gasteiger partial charge >= 0.3 is 6.09 Å². The number of hydrogen-bond donors (Lipinski definition) is 2. The van der Waals surface area contributed by atoms with Crippen LogP contribution in [0.1, 0.15) is 23.7 Å². The summed E-state index contributed by atoms with van der Waals surface area (Å²) in [5.41, 5.74) is 0.526. The van der Waals surface area contributed by atoms with Crippen molar-refractivity contribution in [1.82, 2.24) is 5.32 Å². The molecule has 4 nitrogen and oxygen atoms in total. The molecule has 0 aliphatic heterocycles. The van der Waals surface area contributed by atoms with Crippen LogP contribution in [0.4, 0.5) is 4.79 Å². The Labute approximate surface area is 87.9 Å². The van der Waals surface area contributed by atoms with Crippen molar-refractivity contribution in [3.63, 3.8) is 0 Å². The molecule has 0 bridgehead atoms. The van der Waals surface area contributed by atoms with Gasteiger partial charge in [-0.3, -0.25) is 4.79 Å². The Morgan fingerprint density at radius 1 is 1.33 bits per heavy atom. The molecule has 0 aliphatic rings. The topological polar surface area (TPSA) is 66.4 Å². The summed E-state index contributed by atoms with van der Waals surface area (Å²) in [5.74, 6) is -0.194. The van der Waals surface area contributed by atoms with Crippen LogP contribution in [-0.2, 0) is 0 Å². The lowest BCUT2D eigenvalue weighted by molar-refractivity contribution is 0.0934. The summed E-state index contributed by atoms with van der Waals surface area (Å²) in [5, 5.41) is 10.7. The van der Waals surface area contributed by atoms with E-state index in [1.165, 1.54) is 0 Å². The second-order valence-corrected chi connectivity index (χ2v) is 3.14. The van der Waals surface area contributed by atoms with E-state index in [-0.39, 0.29) is 5.78 Å². The molecule has 1 aromatic rings. The average Bonchev–Trinajstić information content (AvgIpc) is 2.26. The largest absolute Gasteiger partial charge is 0.465 e. The highest BCUT2D eigenvalue weighted by molar-refractivity contribution is 6.01. The molecule has 0 aromatic heterocycles. The van der Waals surface area contributed by atoms with Crippen LogP contribution in [-0.4, -0.2) is 23.0 Å². The summed E-state index contributed by atoms with van der Waals surface area (Å²) >= 11 is 0. The van der Waals surface area contributed by atoms with Crippen molar-refractivity contribution < 1.29 is 14.7 Å². The highest BCUT2D eigenvalue weighted by Gasteiger charge is 2.19. The molecule has 0 heterocycles. The molecule has 0 fully saturated rings. The number of nitrogens with one attached hydrogen (secondary N) is 1. The molecule has 1 atom stereocenters. The van der Waals surface area contributed by atoms with Gasteiger partial charge in [-0.15, -0.1) is 0 Å². The first-order valence-electron chi connectivity index (χ1n) is 4.74. The zero-order chi connectivity index (χ0) is 11.3. The lowest BCUT2D eigenvalue weighted by atomic mass is 10.0. The summed E-state index contributed by atoms with van der Waals surface area (Å²) in [6.45, 7) is 1.77. The Morgan fingerprint density at radius 3 is 2.40 bits per heavy atom. The Balaban J connectivity index is 2.78. The predicted octanol–water partition coefficient (Wildman–Crippen LogP) is 1.92. The van der Waals surface area contributed by atoms with E-state index in [4.69, 9.17) is 5.11 Å². The monoisotopic (exact) mass is 207 g/mol. The molecule has 0 saturated heterocycles. The minimum absolute atomic E-state index is 0.194. The van der Waals surface area contributed by atoms with Crippen LogP contribution in [0.2, 0.25) is 0 Å². The molecule has 1 rings (SSSR count). The molecule has 0 saturated carbocycles. The number of benzene rings is 1. The molecular formula is C11H13NO3. The maximum atomic E-state index is 11.8. The molecule has 2 N–H and O–H groups in total. The highest BCUT2D eigenvalue weighted by atomic mass is 16.4. The van der Waals surface area contributed by atoms with E-state index in [0.717, 1.165) is 0 Å². The lowest BCUT2D eigenvalue weighted by Crippen LogP contribution is -2.39. The van der Waals surface area contributed by atoms with Gasteiger partial charge in [0, 0.05) is 5.56 Å². The summed E-state index contributed by atoms with van der Waals surface area (Å²) in [7, 11) is 0. The van der Waals surface area contributed by atoms with Crippen LogP contribution in [0.15, 0.2) is 30.3 Å². The smallest absolute Gasteiger partial charge is 0.405 e. The zero-order valence-corrected chi connectivity index (χ0v) is 8.43. The first-order chi connectivity index (χ1) is 7.15. The van der Waals surface area contributed by atoms with Crippen LogP contribution in [0, 0.1) is 0 Å². The van der Waals surface area contributed by atoms with Crippen molar-refractivity contribution in [2.24, 2.45) is 0 Å². The fraction of sp³-hybridized carbons (Fsp3) is 0.273. The third-order valence-corrected chi connectivity index (χ3v) is 2.08. The van der Waals surface area contributed by atoms with E-state index >= 15 is 0 Å². The van der Waals surface area contributed by atoms with Crippen molar-refractivity contribution in [3.05, 3.63) is 35.9 Å². The van der Waals surface area contributed by atoms with Gasteiger partial charge in [-0.05, 0) is 6.42 Å². The first kappa shape index (κ1) is 11.2. The van der Waals surface area contributed by atoms with Gasteiger partial charge in [0.2, 0.25) is 0 Å². The van der Waals surface area contributed by atoms with Crippen molar-refractivity contribution in [1.29, 1.82) is 0 Å². The Bertz CT molecular complexity index is 348. The SMILES string of the molecule is CCC(NC(=O)O)C(=O)c1ccccc1. The van der Waals surface area contributed by atoms with Crippen LogP contribution in [0.5, 0.6) is 0 Å². The van der Waals surface area contributed by atoms with Crippen molar-refractivity contribution >= 4 is 11.9 Å². The molecule has 15 heavy (non-hydrogen) atoms. The van der Waals surface area contributed by atoms with Crippen molar-refractivity contribution in [3.8, 4) is 0 Å². The van der Waals surface area contributed by atoms with Crippen LogP contribution < -0.4 is 5.32 Å². The summed E-state index contributed by atoms with van der Waals surface area (Å²) in [6, 6.07) is 8.00. The van der Waals surface area contributed by atoms with Crippen LogP contribution >= 0.6 is 0 Å². The molecule has 1 aromatic carbocycles. The van der Waals surface area contributed by atoms with Crippen LogP contribution in [0.25, 0.3) is 0 Å². The van der Waals surface area contributed by atoms with Gasteiger partial charge in [0.25, 0.3) is 0 Å². The second-order valence-electron chi connectivity index (χ2n) is 3.14. The minimum Gasteiger partial charge on any atom is -0.465 e. The van der Waals surface area contributed by atoms with E-state index in [9.17, 15) is 9.59 Å². The number of hydrogen-bond acceptors (Lipinski definition) is 2. The quantitative estimate of drug-likeness (QED) is 0.741. The van der Waals surface area contributed by atoms with Gasteiger partial charge in [-0.1, -0.05) is 37.3 Å². The number of rotatable bonds is 4. The normalized spacial score (nSPS) is 11.8. The first-order valence-corrected chi connectivity index (χ1v) is 4.74. The van der Waals surface area contributed by atoms with Crippen molar-refractivity contribution in [2.45, 2.75) is 19.4 Å². The fourth-order valence-electron chi connectivity index (χ4n) is 1.31. The van der Waals surface area contributed by atoms with Gasteiger partial charge < -0.3 is 10.4 Å². The highest BCUT2D eigenvalue weighted by Crippen LogP contribution is 2.05. The standard InChI is InChI=1S/C11H13NO3/c1-2-9(12-11(14)15)10(13)8-6-4-3-5-7-8/h3-7,9,12H,2H2,1H3,(H,14,15). The maximum Gasteiger partial charge on any atom is 0.405 e. The molecule has 0 aliphatic carbocycles. The van der Waals surface area contributed by atoms with Crippen LogP contribution in [0.3, 0.4) is 0 Å². The molecular weight excluding hydrogens is 194 g/mol. The number of ketones is 1. The Kier molecular flexibility index (Phi) is 3.85. The zero-order valence-electron chi connectivity index (χ0n) is 8.43. The van der Waals surface area contributed by atoms with Crippen molar-refractivity contribution in [2.75, 3.05) is 0 Å².